The third-order valence-electron chi connectivity index (χ3n) is 3.06. The molecule has 110 valence electrons. The quantitative estimate of drug-likeness (QED) is 0.673. The van der Waals surface area contributed by atoms with Gasteiger partial charge in [0, 0.05) is 36.6 Å². The summed E-state index contributed by atoms with van der Waals surface area (Å²) in [4.78, 5) is 26.6. The summed E-state index contributed by atoms with van der Waals surface area (Å²) in [7, 11) is 0. The molecule has 1 heterocycles. The van der Waals surface area contributed by atoms with E-state index in [1.165, 1.54) is 12.3 Å². The van der Waals surface area contributed by atoms with Crippen LogP contribution < -0.4 is 10.9 Å². The first-order valence-corrected chi connectivity index (χ1v) is 6.54. The van der Waals surface area contributed by atoms with Gasteiger partial charge >= 0.3 is 0 Å². The van der Waals surface area contributed by atoms with Gasteiger partial charge in [0.15, 0.2) is 5.82 Å². The Morgan fingerprint density at radius 3 is 2.76 bits per heavy atom. The number of aromatic nitrogens is 2. The molecule has 0 fully saturated rings. The second kappa shape index (κ2) is 6.17. The lowest BCUT2D eigenvalue weighted by molar-refractivity contribution is -0.385. The number of para-hydroxylation sites is 1. The third-order valence-corrected chi connectivity index (χ3v) is 3.06. The molecule has 7 heteroatoms. The molecule has 7 nitrogen and oxygen atoms in total. The van der Waals surface area contributed by atoms with Crippen LogP contribution in [0.25, 0.3) is 0 Å². The number of nitrogens with one attached hydrogen (secondary N) is 1. The van der Waals surface area contributed by atoms with E-state index in [9.17, 15) is 14.9 Å². The Morgan fingerprint density at radius 1 is 1.38 bits per heavy atom. The molecule has 2 aromatic rings. The molecule has 0 saturated heterocycles. The average Bonchev–Trinajstić information content (AvgIpc) is 2.46. The Morgan fingerprint density at radius 2 is 2.10 bits per heavy atom. The van der Waals surface area contributed by atoms with Crippen LogP contribution in [-0.4, -0.2) is 14.5 Å². The molecule has 0 aliphatic rings. The monoisotopic (exact) mass is 288 g/mol. The van der Waals surface area contributed by atoms with Crippen LogP contribution in [0.5, 0.6) is 0 Å². The maximum atomic E-state index is 12.2. The summed E-state index contributed by atoms with van der Waals surface area (Å²) in [6.45, 7) is 3.96. The number of nitro benzene ring substituents is 1. The topological polar surface area (TPSA) is 90.1 Å². The molecular formula is C14H16N4O3. The van der Waals surface area contributed by atoms with Crippen molar-refractivity contribution in [1.82, 2.24) is 9.55 Å². The molecule has 0 aliphatic carbocycles. The highest BCUT2D eigenvalue weighted by atomic mass is 16.6. The summed E-state index contributed by atoms with van der Waals surface area (Å²) in [5, 5.41) is 13.8. The van der Waals surface area contributed by atoms with Gasteiger partial charge in [0.1, 0.15) is 0 Å². The molecule has 0 aliphatic heterocycles. The fraction of sp³-hybridized carbons (Fsp3) is 0.286. The van der Waals surface area contributed by atoms with E-state index < -0.39 is 4.92 Å². The fourth-order valence-electron chi connectivity index (χ4n) is 1.97. The molecule has 0 spiro atoms. The van der Waals surface area contributed by atoms with Crippen LogP contribution in [0.2, 0.25) is 0 Å². The van der Waals surface area contributed by atoms with Gasteiger partial charge in [-0.1, -0.05) is 18.2 Å². The molecule has 1 aromatic carbocycles. The van der Waals surface area contributed by atoms with Crippen LogP contribution >= 0.6 is 0 Å². The Balaban J connectivity index is 2.24. The largest absolute Gasteiger partial charge is 0.361 e. The van der Waals surface area contributed by atoms with Gasteiger partial charge in [-0.05, 0) is 13.8 Å². The zero-order chi connectivity index (χ0) is 15.4. The molecule has 1 N–H and O–H groups in total. The molecule has 0 radical (unpaired) electrons. The highest BCUT2D eigenvalue weighted by Gasteiger charge is 2.13. The number of rotatable bonds is 5. The standard InChI is InChI=1S/C14H16N4O3/c1-10(2)17-8-7-15-13(14(17)19)16-9-11-5-3-4-6-12(11)18(20)21/h3-8,10H,9H2,1-2H3,(H,15,16). The van der Waals surface area contributed by atoms with Gasteiger partial charge < -0.3 is 9.88 Å². The maximum Gasteiger partial charge on any atom is 0.293 e. The van der Waals surface area contributed by atoms with Crippen molar-refractivity contribution in [3.05, 3.63) is 62.7 Å². The first-order chi connectivity index (χ1) is 10.0. The van der Waals surface area contributed by atoms with Crippen LogP contribution in [0, 0.1) is 10.1 Å². The van der Waals surface area contributed by atoms with Gasteiger partial charge in [0.25, 0.3) is 11.2 Å². The summed E-state index contributed by atoms with van der Waals surface area (Å²) in [5.74, 6) is 0.185. The van der Waals surface area contributed by atoms with Crippen LogP contribution in [0.4, 0.5) is 11.5 Å². The first-order valence-electron chi connectivity index (χ1n) is 6.54. The predicted molar refractivity (Wildman–Crippen MR) is 79.3 cm³/mol. The number of benzene rings is 1. The SMILES string of the molecule is CC(C)n1ccnc(NCc2ccccc2[N+](=O)[O-])c1=O. The molecular weight excluding hydrogens is 272 g/mol. The van der Waals surface area contributed by atoms with Crippen molar-refractivity contribution in [1.29, 1.82) is 0 Å². The summed E-state index contributed by atoms with van der Waals surface area (Å²) >= 11 is 0. The Labute approximate surface area is 121 Å². The molecule has 0 atom stereocenters. The van der Waals surface area contributed by atoms with Gasteiger partial charge in [-0.2, -0.15) is 0 Å². The average molecular weight is 288 g/mol. The zero-order valence-corrected chi connectivity index (χ0v) is 11.8. The van der Waals surface area contributed by atoms with E-state index >= 15 is 0 Å². The molecule has 2 rings (SSSR count). The first kappa shape index (κ1) is 14.7. The fourth-order valence-corrected chi connectivity index (χ4v) is 1.97. The van der Waals surface area contributed by atoms with E-state index in [1.807, 2.05) is 13.8 Å². The minimum atomic E-state index is -0.443. The molecule has 0 amide bonds. The molecule has 21 heavy (non-hydrogen) atoms. The van der Waals surface area contributed by atoms with Crippen molar-refractivity contribution in [2.45, 2.75) is 26.4 Å². The lowest BCUT2D eigenvalue weighted by Gasteiger charge is -2.11. The van der Waals surface area contributed by atoms with Crippen molar-refractivity contribution in [3.8, 4) is 0 Å². The summed E-state index contributed by atoms with van der Waals surface area (Å²) < 4.78 is 1.55. The lowest BCUT2D eigenvalue weighted by atomic mass is 10.2. The lowest BCUT2D eigenvalue weighted by Crippen LogP contribution is -2.25. The number of nitro groups is 1. The zero-order valence-electron chi connectivity index (χ0n) is 11.8. The number of hydrogen-bond acceptors (Lipinski definition) is 5. The van der Waals surface area contributed by atoms with Crippen LogP contribution in [0.15, 0.2) is 41.5 Å². The van der Waals surface area contributed by atoms with Gasteiger partial charge in [-0.15, -0.1) is 0 Å². The van der Waals surface area contributed by atoms with Gasteiger partial charge in [-0.25, -0.2) is 4.98 Å². The van der Waals surface area contributed by atoms with Crippen molar-refractivity contribution >= 4 is 11.5 Å². The Kier molecular flexibility index (Phi) is 4.32. The summed E-state index contributed by atoms with van der Waals surface area (Å²) in [5.41, 5.74) is 0.278. The van der Waals surface area contributed by atoms with E-state index in [-0.39, 0.29) is 29.7 Å². The van der Waals surface area contributed by atoms with E-state index in [1.54, 1.807) is 29.0 Å². The van der Waals surface area contributed by atoms with Crippen LogP contribution in [0.1, 0.15) is 25.5 Å². The van der Waals surface area contributed by atoms with E-state index in [0.29, 0.717) is 5.56 Å². The summed E-state index contributed by atoms with van der Waals surface area (Å²) in [6, 6.07) is 6.42. The minimum absolute atomic E-state index is 0.0186. The Hall–Kier alpha value is -2.70. The summed E-state index contributed by atoms with van der Waals surface area (Å²) in [6.07, 6.45) is 3.15. The third kappa shape index (κ3) is 3.25. The number of anilines is 1. The normalized spacial score (nSPS) is 10.6. The molecule has 0 bridgehead atoms. The maximum absolute atomic E-state index is 12.2. The second-order valence-electron chi connectivity index (χ2n) is 4.82. The number of nitrogens with zero attached hydrogens (tertiary/aromatic N) is 3. The van der Waals surface area contributed by atoms with E-state index in [0.717, 1.165) is 0 Å². The van der Waals surface area contributed by atoms with E-state index in [2.05, 4.69) is 10.3 Å². The smallest absolute Gasteiger partial charge is 0.293 e. The van der Waals surface area contributed by atoms with Crippen molar-refractivity contribution < 1.29 is 4.92 Å². The second-order valence-corrected chi connectivity index (χ2v) is 4.82. The van der Waals surface area contributed by atoms with Crippen LogP contribution in [0.3, 0.4) is 0 Å². The molecule has 0 saturated carbocycles. The molecule has 0 unspecified atom stereocenters. The molecule has 1 aromatic heterocycles. The van der Waals surface area contributed by atoms with E-state index in [4.69, 9.17) is 0 Å². The van der Waals surface area contributed by atoms with Gasteiger partial charge in [0.2, 0.25) is 0 Å². The minimum Gasteiger partial charge on any atom is -0.361 e. The van der Waals surface area contributed by atoms with Gasteiger partial charge in [-0.3, -0.25) is 14.9 Å². The van der Waals surface area contributed by atoms with Crippen molar-refractivity contribution in [2.24, 2.45) is 0 Å². The highest BCUT2D eigenvalue weighted by molar-refractivity contribution is 5.43. The Bertz CT molecular complexity index is 709. The van der Waals surface area contributed by atoms with Crippen molar-refractivity contribution in [3.63, 3.8) is 0 Å². The van der Waals surface area contributed by atoms with Gasteiger partial charge in [0.05, 0.1) is 4.92 Å². The van der Waals surface area contributed by atoms with Crippen LogP contribution in [-0.2, 0) is 6.54 Å². The highest BCUT2D eigenvalue weighted by Crippen LogP contribution is 2.18. The van der Waals surface area contributed by atoms with Crippen molar-refractivity contribution in [2.75, 3.05) is 5.32 Å². The number of hydrogen-bond donors (Lipinski definition) is 1. The predicted octanol–water partition coefficient (Wildman–Crippen LogP) is 2.34.